The van der Waals surface area contributed by atoms with Crippen LogP contribution < -0.4 is 9.88 Å². The highest BCUT2D eigenvalue weighted by Gasteiger charge is 2.36. The predicted molar refractivity (Wildman–Crippen MR) is 64.3 cm³/mol. The molecule has 0 bridgehead atoms. The second-order valence-electron chi connectivity index (χ2n) is 4.22. The molecule has 1 unspecified atom stereocenters. The molecule has 22 heavy (non-hydrogen) atoms. The van der Waals surface area contributed by atoms with Gasteiger partial charge in [-0.25, -0.2) is 18.4 Å². The number of primary sulfonamides is 1. The third-order valence-electron chi connectivity index (χ3n) is 2.60. The van der Waals surface area contributed by atoms with Gasteiger partial charge in [0, 0.05) is 6.42 Å². The van der Waals surface area contributed by atoms with Crippen LogP contribution >= 0.6 is 0 Å². The van der Waals surface area contributed by atoms with Crippen LogP contribution in [-0.2, 0) is 19.5 Å². The predicted octanol–water partition coefficient (Wildman–Crippen LogP) is 1.14. The maximum absolute atomic E-state index is 12.3. The highest BCUT2D eigenvalue weighted by Crippen LogP contribution is 2.32. The smallest absolute Gasteiger partial charge is 0.432 e. The quantitative estimate of drug-likeness (QED) is 0.823. The Hall–Kier alpha value is -1.85. The van der Waals surface area contributed by atoms with Gasteiger partial charge < -0.3 is 14.2 Å². The van der Waals surface area contributed by atoms with Gasteiger partial charge in [-0.15, -0.1) is 13.2 Å². The van der Waals surface area contributed by atoms with Crippen LogP contribution in [0.25, 0.3) is 0 Å². The van der Waals surface area contributed by atoms with Crippen LogP contribution in [0.3, 0.4) is 0 Å². The first-order chi connectivity index (χ1) is 10.1. The number of carbonyl (C=O) groups excluding carboxylic acids is 1. The van der Waals surface area contributed by atoms with E-state index in [2.05, 4.69) is 4.74 Å². The molecule has 122 valence electrons. The van der Waals surface area contributed by atoms with Gasteiger partial charge >= 0.3 is 12.3 Å². The van der Waals surface area contributed by atoms with Crippen molar-refractivity contribution in [3.63, 3.8) is 0 Å². The molecule has 2 rings (SSSR count). The van der Waals surface area contributed by atoms with Crippen LogP contribution in [0.4, 0.5) is 13.2 Å². The number of nitrogens with two attached hydrogens (primary N) is 1. The molecule has 0 saturated carbocycles. The monoisotopic (exact) mass is 341 g/mol. The van der Waals surface area contributed by atoms with Gasteiger partial charge in [0.25, 0.3) is 0 Å². The Morgan fingerprint density at radius 1 is 1.36 bits per heavy atom. The van der Waals surface area contributed by atoms with E-state index in [-0.39, 0.29) is 0 Å². The van der Waals surface area contributed by atoms with Crippen LogP contribution in [-0.4, -0.2) is 33.6 Å². The van der Waals surface area contributed by atoms with E-state index in [0.29, 0.717) is 13.0 Å². The van der Waals surface area contributed by atoms with Crippen LogP contribution in [0.2, 0.25) is 0 Å². The van der Waals surface area contributed by atoms with Gasteiger partial charge in [0.15, 0.2) is 0 Å². The Labute approximate surface area is 122 Å². The highest BCUT2D eigenvalue weighted by atomic mass is 32.2. The summed E-state index contributed by atoms with van der Waals surface area (Å²) >= 11 is 0. The highest BCUT2D eigenvalue weighted by molar-refractivity contribution is 7.89. The molecule has 0 spiro atoms. The molecule has 0 aliphatic carbocycles. The fourth-order valence-corrected chi connectivity index (χ4v) is 2.51. The van der Waals surface area contributed by atoms with Gasteiger partial charge in [-0.3, -0.25) is 0 Å². The number of halogens is 3. The summed E-state index contributed by atoms with van der Waals surface area (Å²) in [6.45, 7) is 0.358. The van der Waals surface area contributed by atoms with E-state index in [1.165, 1.54) is 0 Å². The van der Waals surface area contributed by atoms with E-state index in [4.69, 9.17) is 14.6 Å². The number of hydrogen-bond donors (Lipinski definition) is 1. The number of benzene rings is 1. The van der Waals surface area contributed by atoms with Crippen LogP contribution in [0, 0.1) is 0 Å². The van der Waals surface area contributed by atoms with E-state index in [9.17, 15) is 26.4 Å². The molecule has 1 heterocycles. The van der Waals surface area contributed by atoms with Gasteiger partial charge in [-0.1, -0.05) is 6.07 Å². The maximum Gasteiger partial charge on any atom is 0.573 e. The topological polar surface area (TPSA) is 105 Å². The summed E-state index contributed by atoms with van der Waals surface area (Å²) in [5, 5.41) is 4.88. The number of carbonyl (C=O) groups is 1. The second kappa shape index (κ2) is 5.74. The molecule has 1 aliphatic heterocycles. The van der Waals surface area contributed by atoms with Gasteiger partial charge in [-0.2, -0.15) is 0 Å². The third-order valence-corrected chi connectivity index (χ3v) is 3.59. The fourth-order valence-electron chi connectivity index (χ4n) is 1.66. The molecule has 0 aromatic heterocycles. The normalized spacial score (nSPS) is 18.5. The molecule has 0 radical (unpaired) electrons. The van der Waals surface area contributed by atoms with E-state index in [0.717, 1.165) is 18.2 Å². The van der Waals surface area contributed by atoms with Crippen molar-refractivity contribution in [2.45, 2.75) is 24.0 Å². The lowest BCUT2D eigenvalue weighted by atomic mass is 10.2. The Balaban J connectivity index is 2.44. The van der Waals surface area contributed by atoms with Crippen molar-refractivity contribution in [2.24, 2.45) is 5.14 Å². The third kappa shape index (κ3) is 3.87. The molecule has 1 atom stereocenters. The number of alkyl halides is 3. The van der Waals surface area contributed by atoms with Crippen molar-refractivity contribution in [2.75, 3.05) is 6.61 Å². The minimum Gasteiger partial charge on any atom is -0.432 e. The van der Waals surface area contributed by atoms with Gasteiger partial charge in [-0.05, 0) is 12.1 Å². The largest absolute Gasteiger partial charge is 0.573 e. The van der Waals surface area contributed by atoms with Crippen LogP contribution in [0.1, 0.15) is 16.8 Å². The van der Waals surface area contributed by atoms with Crippen LogP contribution in [0.5, 0.6) is 5.75 Å². The summed E-state index contributed by atoms with van der Waals surface area (Å²) in [5.41, 5.74) is -0.667. The Bertz CT molecular complexity index is 684. The van der Waals surface area contributed by atoms with Crippen LogP contribution in [0.15, 0.2) is 23.1 Å². The van der Waals surface area contributed by atoms with Crippen molar-refractivity contribution in [1.29, 1.82) is 0 Å². The van der Waals surface area contributed by atoms with E-state index in [1.807, 2.05) is 0 Å². The van der Waals surface area contributed by atoms with Gasteiger partial charge in [0.2, 0.25) is 16.3 Å². The summed E-state index contributed by atoms with van der Waals surface area (Å²) < 4.78 is 73.2. The molecule has 11 heteroatoms. The molecule has 1 aromatic carbocycles. The average Bonchev–Trinajstić information content (AvgIpc) is 2.29. The summed E-state index contributed by atoms with van der Waals surface area (Å²) in [5.74, 6) is -2.29. The van der Waals surface area contributed by atoms with E-state index < -0.39 is 44.9 Å². The zero-order valence-electron chi connectivity index (χ0n) is 10.8. The Morgan fingerprint density at radius 2 is 2.00 bits per heavy atom. The molecular weight excluding hydrogens is 331 g/mol. The molecule has 7 nitrogen and oxygen atoms in total. The summed E-state index contributed by atoms with van der Waals surface area (Å²) in [6, 6.07) is 2.70. The first-order valence-electron chi connectivity index (χ1n) is 5.82. The first-order valence-corrected chi connectivity index (χ1v) is 7.37. The SMILES string of the molecule is NS(=O)(=O)c1c(OC(F)(F)F)cccc1C(=O)OC1CCO1. The number of sulfonamides is 1. The lowest BCUT2D eigenvalue weighted by Crippen LogP contribution is -2.32. The zero-order valence-corrected chi connectivity index (χ0v) is 11.6. The fraction of sp³-hybridized carbons (Fsp3) is 0.364. The first kappa shape index (κ1) is 16.5. The summed E-state index contributed by atoms with van der Waals surface area (Å²) in [4.78, 5) is 10.8. The van der Waals surface area contributed by atoms with Crippen molar-refractivity contribution < 1.29 is 40.6 Å². The molecule has 1 aromatic rings. The number of hydrogen-bond acceptors (Lipinski definition) is 6. The lowest BCUT2D eigenvalue weighted by Gasteiger charge is -2.26. The summed E-state index contributed by atoms with van der Waals surface area (Å²) in [6.07, 6.45) is -5.62. The Kier molecular flexibility index (Phi) is 4.31. The maximum atomic E-state index is 12.3. The lowest BCUT2D eigenvalue weighted by molar-refractivity contribution is -0.275. The molecule has 0 amide bonds. The van der Waals surface area contributed by atoms with Gasteiger partial charge in [0.05, 0.1) is 12.2 Å². The van der Waals surface area contributed by atoms with E-state index >= 15 is 0 Å². The van der Waals surface area contributed by atoms with Crippen molar-refractivity contribution in [1.82, 2.24) is 0 Å². The molecule has 1 fully saturated rings. The molecule has 1 aliphatic rings. The number of rotatable bonds is 4. The number of ether oxygens (including phenoxy) is 3. The van der Waals surface area contributed by atoms with E-state index in [1.54, 1.807) is 0 Å². The summed E-state index contributed by atoms with van der Waals surface area (Å²) in [7, 11) is -4.67. The molecule has 2 N–H and O–H groups in total. The number of esters is 1. The van der Waals surface area contributed by atoms with Crippen molar-refractivity contribution in [3.05, 3.63) is 23.8 Å². The average molecular weight is 341 g/mol. The minimum absolute atomic E-state index is 0.358. The second-order valence-corrected chi connectivity index (χ2v) is 5.72. The zero-order chi connectivity index (χ0) is 16.5. The Morgan fingerprint density at radius 3 is 2.45 bits per heavy atom. The molecular formula is C11H10F3NO6S. The minimum atomic E-state index is -5.15. The van der Waals surface area contributed by atoms with Crippen molar-refractivity contribution >= 4 is 16.0 Å². The standard InChI is InChI=1S/C11H10F3NO6S/c12-11(13,14)21-7-3-1-2-6(9(7)22(15,17)18)10(16)20-8-4-5-19-8/h1-3,8H,4-5H2,(H2,15,17,18). The molecule has 1 saturated heterocycles. The van der Waals surface area contributed by atoms with Gasteiger partial charge in [0.1, 0.15) is 10.6 Å². The van der Waals surface area contributed by atoms with Crippen molar-refractivity contribution in [3.8, 4) is 5.75 Å².